The smallest absolute Gasteiger partial charge is 0.101 e. The molecule has 2 aromatic rings. The van der Waals surface area contributed by atoms with Gasteiger partial charge in [-0.1, -0.05) is 47.6 Å². The molecule has 0 spiro atoms. The largest absolute Gasteiger partial charge is 0.396 e. The number of nitrogen functional groups attached to an aromatic ring is 1. The highest BCUT2D eigenvalue weighted by Gasteiger charge is 2.09. The number of fused-ring (bicyclic) bond motifs is 1. The predicted octanol–water partition coefficient (Wildman–Crippen LogP) is 4.87. The molecule has 0 unspecified atom stereocenters. The van der Waals surface area contributed by atoms with E-state index in [0.29, 0.717) is 11.3 Å². The van der Waals surface area contributed by atoms with Crippen LogP contribution in [0.15, 0.2) is 18.2 Å². The molecule has 2 rings (SSSR count). The van der Waals surface area contributed by atoms with E-state index in [1.165, 1.54) is 5.56 Å². The summed E-state index contributed by atoms with van der Waals surface area (Å²) in [5.41, 5.74) is 10.0. The monoisotopic (exact) mass is 285 g/mol. The topological polar surface area (TPSA) is 62.7 Å². The first kappa shape index (κ1) is 18.9. The SMILES string of the molecule is CC.CC.CCc1cc(CC)c2ccc(C#N)c(N)c2n1. The van der Waals surface area contributed by atoms with Crippen molar-refractivity contribution in [1.82, 2.24) is 4.98 Å². The minimum absolute atomic E-state index is 0.495. The molecule has 2 N–H and O–H groups in total. The molecule has 0 fully saturated rings. The van der Waals surface area contributed by atoms with Crippen molar-refractivity contribution in [1.29, 1.82) is 5.26 Å². The second-order valence-electron chi connectivity index (χ2n) is 4.01. The van der Waals surface area contributed by atoms with Gasteiger partial charge in [-0.25, -0.2) is 0 Å². The molecular formula is C18H27N3. The zero-order chi connectivity index (χ0) is 16.4. The first-order valence-electron chi connectivity index (χ1n) is 7.82. The maximum absolute atomic E-state index is 8.97. The lowest BCUT2D eigenvalue weighted by molar-refractivity contribution is 1.03. The van der Waals surface area contributed by atoms with Gasteiger partial charge in [0, 0.05) is 11.1 Å². The molecule has 0 saturated carbocycles. The number of pyridine rings is 1. The fourth-order valence-electron chi connectivity index (χ4n) is 2.01. The summed E-state index contributed by atoms with van der Waals surface area (Å²) in [6, 6.07) is 7.92. The highest BCUT2D eigenvalue weighted by molar-refractivity contribution is 5.94. The van der Waals surface area contributed by atoms with E-state index in [4.69, 9.17) is 11.0 Å². The highest BCUT2D eigenvalue weighted by atomic mass is 14.7. The highest BCUT2D eigenvalue weighted by Crippen LogP contribution is 2.26. The summed E-state index contributed by atoms with van der Waals surface area (Å²) in [5.74, 6) is 0. The molecule has 114 valence electrons. The summed E-state index contributed by atoms with van der Waals surface area (Å²) in [4.78, 5) is 4.53. The Balaban J connectivity index is 0.000000921. The first-order valence-corrected chi connectivity index (χ1v) is 7.82. The number of aryl methyl sites for hydroxylation is 2. The lowest BCUT2D eigenvalue weighted by Crippen LogP contribution is -1.99. The summed E-state index contributed by atoms with van der Waals surface area (Å²) in [6.45, 7) is 12.2. The molecule has 0 atom stereocenters. The van der Waals surface area contributed by atoms with Gasteiger partial charge in [0.2, 0.25) is 0 Å². The molecule has 0 amide bonds. The lowest BCUT2D eigenvalue weighted by atomic mass is 10.0. The second kappa shape index (κ2) is 9.77. The number of rotatable bonds is 2. The number of nitrogens with two attached hydrogens (primary N) is 1. The van der Waals surface area contributed by atoms with Crippen LogP contribution in [0, 0.1) is 11.3 Å². The third kappa shape index (κ3) is 4.19. The van der Waals surface area contributed by atoms with E-state index >= 15 is 0 Å². The number of benzene rings is 1. The van der Waals surface area contributed by atoms with Crippen LogP contribution in [-0.4, -0.2) is 4.98 Å². The predicted molar refractivity (Wildman–Crippen MR) is 92.3 cm³/mol. The molecular weight excluding hydrogens is 258 g/mol. The fourth-order valence-corrected chi connectivity index (χ4v) is 2.01. The molecule has 0 aliphatic rings. The zero-order valence-electron chi connectivity index (χ0n) is 14.1. The quantitative estimate of drug-likeness (QED) is 0.801. The van der Waals surface area contributed by atoms with E-state index in [1.807, 2.05) is 33.8 Å². The summed E-state index contributed by atoms with van der Waals surface area (Å²) < 4.78 is 0. The molecule has 0 aliphatic carbocycles. The van der Waals surface area contributed by atoms with Crippen LogP contribution in [0.25, 0.3) is 10.9 Å². The molecule has 1 heterocycles. The van der Waals surface area contributed by atoms with Gasteiger partial charge in [0.25, 0.3) is 0 Å². The molecule has 0 bridgehead atoms. The van der Waals surface area contributed by atoms with Crippen molar-refractivity contribution in [2.24, 2.45) is 0 Å². The number of aromatic nitrogens is 1. The summed E-state index contributed by atoms with van der Waals surface area (Å²) in [7, 11) is 0. The fraction of sp³-hybridized carbons (Fsp3) is 0.444. The number of hydrogen-bond acceptors (Lipinski definition) is 3. The Bertz CT molecular complexity index is 610. The Morgan fingerprint density at radius 3 is 2.19 bits per heavy atom. The molecule has 0 radical (unpaired) electrons. The van der Waals surface area contributed by atoms with Crippen molar-refractivity contribution < 1.29 is 0 Å². The molecule has 1 aromatic heterocycles. The molecule has 21 heavy (non-hydrogen) atoms. The molecule has 1 aromatic carbocycles. The van der Waals surface area contributed by atoms with Gasteiger partial charge in [-0.05, 0) is 30.5 Å². The van der Waals surface area contributed by atoms with E-state index in [-0.39, 0.29) is 0 Å². The number of anilines is 1. The van der Waals surface area contributed by atoms with E-state index in [1.54, 1.807) is 6.07 Å². The molecule has 0 saturated heterocycles. The standard InChI is InChI=1S/C14H15N3.2C2H6/c1-3-9-7-11(4-2)17-14-12(9)6-5-10(8-15)13(14)16;2*1-2/h5-7H,3-4,16H2,1-2H3;2*1-2H3. The van der Waals surface area contributed by atoms with Crippen molar-refractivity contribution in [3.8, 4) is 6.07 Å². The van der Waals surface area contributed by atoms with Crippen LogP contribution < -0.4 is 5.73 Å². The third-order valence-electron chi connectivity index (χ3n) is 3.02. The average Bonchev–Trinajstić information content (AvgIpc) is 2.58. The van der Waals surface area contributed by atoms with E-state index < -0.39 is 0 Å². The summed E-state index contributed by atoms with van der Waals surface area (Å²) in [6.07, 6.45) is 1.82. The molecule has 3 nitrogen and oxygen atoms in total. The summed E-state index contributed by atoms with van der Waals surface area (Å²) >= 11 is 0. The van der Waals surface area contributed by atoms with Crippen LogP contribution in [0.4, 0.5) is 5.69 Å². The Morgan fingerprint density at radius 1 is 1.10 bits per heavy atom. The van der Waals surface area contributed by atoms with Gasteiger partial charge in [0.05, 0.1) is 16.8 Å². The van der Waals surface area contributed by atoms with Crippen molar-refractivity contribution in [2.75, 3.05) is 5.73 Å². The lowest BCUT2D eigenvalue weighted by Gasteiger charge is -2.09. The van der Waals surface area contributed by atoms with Crippen LogP contribution in [0.2, 0.25) is 0 Å². The van der Waals surface area contributed by atoms with Gasteiger partial charge >= 0.3 is 0 Å². The van der Waals surface area contributed by atoms with Crippen LogP contribution in [0.5, 0.6) is 0 Å². The second-order valence-corrected chi connectivity index (χ2v) is 4.01. The minimum Gasteiger partial charge on any atom is -0.396 e. The number of nitriles is 1. The maximum atomic E-state index is 8.97. The number of nitrogens with zero attached hydrogens (tertiary/aromatic N) is 2. The van der Waals surface area contributed by atoms with Crippen molar-refractivity contribution in [2.45, 2.75) is 54.4 Å². The third-order valence-corrected chi connectivity index (χ3v) is 3.02. The van der Waals surface area contributed by atoms with Gasteiger partial charge in [-0.15, -0.1) is 0 Å². The van der Waals surface area contributed by atoms with Crippen LogP contribution in [0.3, 0.4) is 0 Å². The zero-order valence-corrected chi connectivity index (χ0v) is 14.1. The normalized spacial score (nSPS) is 9.00. The van der Waals surface area contributed by atoms with Gasteiger partial charge in [0.15, 0.2) is 0 Å². The van der Waals surface area contributed by atoms with Crippen LogP contribution in [0.1, 0.15) is 58.4 Å². The maximum Gasteiger partial charge on any atom is 0.101 e. The van der Waals surface area contributed by atoms with Gasteiger partial charge < -0.3 is 5.73 Å². The number of hydrogen-bond donors (Lipinski definition) is 1. The average molecular weight is 285 g/mol. The molecule has 0 aliphatic heterocycles. The Labute approximate surface area is 128 Å². The van der Waals surface area contributed by atoms with Crippen LogP contribution in [-0.2, 0) is 12.8 Å². The van der Waals surface area contributed by atoms with Crippen molar-refractivity contribution >= 4 is 16.6 Å². The Hall–Kier alpha value is -2.08. The van der Waals surface area contributed by atoms with Gasteiger partial charge in [-0.2, -0.15) is 5.26 Å². The molecule has 3 heteroatoms. The Morgan fingerprint density at radius 2 is 1.71 bits per heavy atom. The Kier molecular flexibility index (Phi) is 8.80. The van der Waals surface area contributed by atoms with Gasteiger partial charge in [0.1, 0.15) is 6.07 Å². The van der Waals surface area contributed by atoms with E-state index in [0.717, 1.165) is 29.4 Å². The van der Waals surface area contributed by atoms with Gasteiger partial charge in [-0.3, -0.25) is 4.98 Å². The minimum atomic E-state index is 0.495. The van der Waals surface area contributed by atoms with Crippen molar-refractivity contribution in [3.63, 3.8) is 0 Å². The van der Waals surface area contributed by atoms with Crippen LogP contribution >= 0.6 is 0 Å². The first-order chi connectivity index (χ1) is 10.2. The summed E-state index contributed by atoms with van der Waals surface area (Å²) in [5, 5.41) is 10.0. The van der Waals surface area contributed by atoms with E-state index in [9.17, 15) is 0 Å². The van der Waals surface area contributed by atoms with E-state index in [2.05, 4.69) is 31.0 Å². The van der Waals surface area contributed by atoms with Crippen molar-refractivity contribution in [3.05, 3.63) is 35.0 Å².